The van der Waals surface area contributed by atoms with Gasteiger partial charge in [-0.2, -0.15) is 0 Å². The number of hydrogen-bond donors (Lipinski definition) is 1. The van der Waals surface area contributed by atoms with Crippen LogP contribution in [-0.2, 0) is 10.2 Å². The zero-order valence-corrected chi connectivity index (χ0v) is 11.9. The molecule has 108 valence electrons. The molecule has 0 saturated carbocycles. The molecule has 0 unspecified atom stereocenters. The second-order valence-corrected chi connectivity index (χ2v) is 5.42. The lowest BCUT2D eigenvalue weighted by Gasteiger charge is -2.41. The van der Waals surface area contributed by atoms with Crippen LogP contribution >= 0.6 is 0 Å². The molecular formula is C15H20N2O3. The highest BCUT2D eigenvalue weighted by molar-refractivity contribution is 5.88. The van der Waals surface area contributed by atoms with E-state index in [2.05, 4.69) is 0 Å². The van der Waals surface area contributed by atoms with Gasteiger partial charge in [-0.1, -0.05) is 30.3 Å². The summed E-state index contributed by atoms with van der Waals surface area (Å²) in [6, 6.07) is 9.67. The molecule has 1 aliphatic rings. The Morgan fingerprint density at radius 3 is 2.15 bits per heavy atom. The molecule has 0 bridgehead atoms. The van der Waals surface area contributed by atoms with E-state index in [0.717, 1.165) is 5.56 Å². The quantitative estimate of drug-likeness (QED) is 0.895. The molecule has 0 atom stereocenters. The molecule has 1 saturated heterocycles. The zero-order valence-electron chi connectivity index (χ0n) is 11.9. The Kier molecular flexibility index (Phi) is 3.97. The van der Waals surface area contributed by atoms with Gasteiger partial charge in [0, 0.05) is 27.2 Å². The van der Waals surface area contributed by atoms with Gasteiger partial charge in [0.05, 0.1) is 5.41 Å². The maximum absolute atomic E-state index is 12.7. The van der Waals surface area contributed by atoms with Gasteiger partial charge < -0.3 is 14.9 Å². The number of hydrogen-bond acceptors (Lipinski definition) is 2. The number of nitrogens with zero attached hydrogens (tertiary/aromatic N) is 2. The van der Waals surface area contributed by atoms with Crippen molar-refractivity contribution in [1.29, 1.82) is 0 Å². The number of likely N-dealkylation sites (tertiary alicyclic amines) is 1. The number of amides is 2. The average Bonchev–Trinajstić information content (AvgIpc) is 2.47. The van der Waals surface area contributed by atoms with Crippen LogP contribution in [0.5, 0.6) is 0 Å². The van der Waals surface area contributed by atoms with Crippen LogP contribution in [0.4, 0.5) is 4.79 Å². The van der Waals surface area contributed by atoms with E-state index in [9.17, 15) is 9.59 Å². The molecule has 1 aromatic carbocycles. The summed E-state index contributed by atoms with van der Waals surface area (Å²) >= 11 is 0. The van der Waals surface area contributed by atoms with Crippen LogP contribution in [0.1, 0.15) is 18.4 Å². The van der Waals surface area contributed by atoms with Gasteiger partial charge in [-0.25, -0.2) is 4.79 Å². The summed E-state index contributed by atoms with van der Waals surface area (Å²) in [6.45, 7) is 0.785. The molecule has 2 rings (SSSR count). The van der Waals surface area contributed by atoms with E-state index in [0.29, 0.717) is 25.9 Å². The molecule has 0 radical (unpaired) electrons. The minimum absolute atomic E-state index is 0.0498. The highest BCUT2D eigenvalue weighted by atomic mass is 16.4. The number of rotatable bonds is 2. The van der Waals surface area contributed by atoms with Gasteiger partial charge in [-0.05, 0) is 18.4 Å². The van der Waals surface area contributed by atoms with E-state index in [1.807, 2.05) is 30.3 Å². The molecule has 0 aromatic heterocycles. The van der Waals surface area contributed by atoms with Crippen molar-refractivity contribution in [2.24, 2.45) is 0 Å². The van der Waals surface area contributed by atoms with Crippen LogP contribution in [0.3, 0.4) is 0 Å². The lowest BCUT2D eigenvalue weighted by atomic mass is 9.71. The van der Waals surface area contributed by atoms with Gasteiger partial charge in [0.15, 0.2) is 0 Å². The summed E-state index contributed by atoms with van der Waals surface area (Å²) in [6.07, 6.45) is 0.143. The zero-order chi connectivity index (χ0) is 14.8. The van der Waals surface area contributed by atoms with Crippen LogP contribution in [-0.4, -0.2) is 54.1 Å². The van der Waals surface area contributed by atoms with Crippen molar-refractivity contribution in [3.8, 4) is 0 Å². The predicted molar refractivity (Wildman–Crippen MR) is 75.6 cm³/mol. The molecule has 0 spiro atoms. The minimum Gasteiger partial charge on any atom is -0.465 e. The lowest BCUT2D eigenvalue weighted by molar-refractivity contribution is -0.136. The molecule has 1 aromatic rings. The molecule has 1 N–H and O–H groups in total. The summed E-state index contributed by atoms with van der Waals surface area (Å²) < 4.78 is 0. The monoisotopic (exact) mass is 276 g/mol. The number of benzene rings is 1. The Morgan fingerprint density at radius 1 is 1.15 bits per heavy atom. The molecule has 1 fully saturated rings. The van der Waals surface area contributed by atoms with Crippen molar-refractivity contribution in [2.75, 3.05) is 27.2 Å². The summed E-state index contributed by atoms with van der Waals surface area (Å²) in [5, 5.41) is 9.06. The fourth-order valence-electron chi connectivity index (χ4n) is 2.89. The van der Waals surface area contributed by atoms with Crippen LogP contribution < -0.4 is 0 Å². The highest BCUT2D eigenvalue weighted by Crippen LogP contribution is 2.37. The summed E-state index contributed by atoms with van der Waals surface area (Å²) in [5.74, 6) is 0.0498. The fourth-order valence-corrected chi connectivity index (χ4v) is 2.89. The first-order valence-corrected chi connectivity index (χ1v) is 6.72. The third kappa shape index (κ3) is 2.48. The number of carboxylic acid groups (broad SMARTS) is 1. The van der Waals surface area contributed by atoms with E-state index >= 15 is 0 Å². The second kappa shape index (κ2) is 5.53. The molecule has 5 nitrogen and oxygen atoms in total. The maximum atomic E-state index is 12.7. The molecule has 20 heavy (non-hydrogen) atoms. The second-order valence-electron chi connectivity index (χ2n) is 5.42. The van der Waals surface area contributed by atoms with E-state index in [4.69, 9.17) is 5.11 Å². The Balaban J connectivity index is 2.33. The number of piperidine rings is 1. The molecule has 2 amide bonds. The Hall–Kier alpha value is -2.04. The Morgan fingerprint density at radius 2 is 1.70 bits per heavy atom. The lowest BCUT2D eigenvalue weighted by Crippen LogP contribution is -2.52. The third-order valence-corrected chi connectivity index (χ3v) is 4.03. The van der Waals surface area contributed by atoms with E-state index < -0.39 is 11.5 Å². The Bertz CT molecular complexity index is 491. The molecule has 5 heteroatoms. The van der Waals surface area contributed by atoms with Gasteiger partial charge >= 0.3 is 6.09 Å². The van der Waals surface area contributed by atoms with E-state index in [1.54, 1.807) is 19.0 Å². The van der Waals surface area contributed by atoms with Gasteiger partial charge in [-0.3, -0.25) is 4.79 Å². The molecule has 0 aliphatic carbocycles. The van der Waals surface area contributed by atoms with Crippen LogP contribution in [0, 0.1) is 0 Å². The van der Waals surface area contributed by atoms with Crippen molar-refractivity contribution >= 4 is 12.0 Å². The standard InChI is InChI=1S/C15H20N2O3/c1-16(2)13(18)15(12-6-4-3-5-7-12)8-10-17(11-9-15)14(19)20/h3-7H,8-11H2,1-2H3,(H,19,20). The Labute approximate surface area is 118 Å². The van der Waals surface area contributed by atoms with E-state index in [-0.39, 0.29) is 5.91 Å². The smallest absolute Gasteiger partial charge is 0.407 e. The third-order valence-electron chi connectivity index (χ3n) is 4.03. The number of likely N-dealkylation sites (N-methyl/N-ethyl adjacent to an activating group) is 1. The molecule has 1 aliphatic heterocycles. The van der Waals surface area contributed by atoms with Crippen molar-refractivity contribution in [3.63, 3.8) is 0 Å². The largest absolute Gasteiger partial charge is 0.465 e. The van der Waals surface area contributed by atoms with Gasteiger partial charge in [0.25, 0.3) is 0 Å². The van der Waals surface area contributed by atoms with E-state index in [1.165, 1.54) is 4.90 Å². The maximum Gasteiger partial charge on any atom is 0.407 e. The van der Waals surface area contributed by atoms with Gasteiger partial charge in [0.2, 0.25) is 5.91 Å². The molecular weight excluding hydrogens is 256 g/mol. The normalized spacial score (nSPS) is 17.6. The first-order valence-electron chi connectivity index (χ1n) is 6.72. The fraction of sp³-hybridized carbons (Fsp3) is 0.467. The van der Waals surface area contributed by atoms with Crippen LogP contribution in [0.15, 0.2) is 30.3 Å². The van der Waals surface area contributed by atoms with Crippen molar-refractivity contribution in [3.05, 3.63) is 35.9 Å². The van der Waals surface area contributed by atoms with Crippen molar-refractivity contribution < 1.29 is 14.7 Å². The van der Waals surface area contributed by atoms with Gasteiger partial charge in [0.1, 0.15) is 0 Å². The summed E-state index contributed by atoms with van der Waals surface area (Å²) in [7, 11) is 3.49. The van der Waals surface area contributed by atoms with Gasteiger partial charge in [-0.15, -0.1) is 0 Å². The highest BCUT2D eigenvalue weighted by Gasteiger charge is 2.44. The molecule has 1 heterocycles. The first-order chi connectivity index (χ1) is 9.47. The van der Waals surface area contributed by atoms with Crippen LogP contribution in [0.25, 0.3) is 0 Å². The van der Waals surface area contributed by atoms with Crippen molar-refractivity contribution in [2.45, 2.75) is 18.3 Å². The van der Waals surface area contributed by atoms with Crippen LogP contribution in [0.2, 0.25) is 0 Å². The SMILES string of the molecule is CN(C)C(=O)C1(c2ccccc2)CCN(C(=O)O)CC1. The summed E-state index contributed by atoms with van der Waals surface area (Å²) in [4.78, 5) is 26.7. The minimum atomic E-state index is -0.913. The number of carbonyl (C=O) groups is 2. The van der Waals surface area contributed by atoms with Crippen molar-refractivity contribution in [1.82, 2.24) is 9.80 Å². The topological polar surface area (TPSA) is 60.9 Å². The number of carbonyl (C=O) groups excluding carboxylic acids is 1. The summed E-state index contributed by atoms with van der Waals surface area (Å²) in [5.41, 5.74) is 0.375. The average molecular weight is 276 g/mol. The predicted octanol–water partition coefficient (Wildman–Crippen LogP) is 1.79. The first kappa shape index (κ1) is 14.4.